The van der Waals surface area contributed by atoms with E-state index in [2.05, 4.69) is 33.9 Å². The van der Waals surface area contributed by atoms with Crippen molar-refractivity contribution in [3.05, 3.63) is 57.9 Å². The first-order chi connectivity index (χ1) is 21.9. The normalized spacial score (nSPS) is 26.4. The van der Waals surface area contributed by atoms with Crippen molar-refractivity contribution >= 4 is 24.5 Å². The summed E-state index contributed by atoms with van der Waals surface area (Å²) in [5, 5.41) is -0.110. The van der Waals surface area contributed by atoms with Crippen LogP contribution in [0.3, 0.4) is 0 Å². The molecule has 1 saturated heterocycles. The molecule has 48 heavy (non-hydrogen) atoms. The third-order valence-corrected chi connectivity index (χ3v) is 17.1. The maximum absolute atomic E-state index is 13.7. The van der Waals surface area contributed by atoms with Gasteiger partial charge in [-0.1, -0.05) is 72.6 Å². The van der Waals surface area contributed by atoms with Gasteiger partial charge in [0.05, 0.1) is 17.4 Å². The van der Waals surface area contributed by atoms with Crippen molar-refractivity contribution in [2.75, 3.05) is 13.2 Å². The number of esters is 1. The van der Waals surface area contributed by atoms with Crippen LogP contribution in [0.1, 0.15) is 138 Å². The van der Waals surface area contributed by atoms with E-state index in [1.807, 2.05) is 13.8 Å². The number of hydrogen-bond acceptors (Lipinski definition) is 6. The average molecular weight is 718 g/mol. The van der Waals surface area contributed by atoms with Gasteiger partial charge >= 0.3 is 16.2 Å². The van der Waals surface area contributed by atoms with Crippen LogP contribution in [-0.2, 0) is 29.0 Å². The molecule has 1 aromatic carbocycles. The number of pyridine rings is 1. The minimum atomic E-state index is -9.88. The van der Waals surface area contributed by atoms with E-state index in [1.165, 1.54) is 6.92 Å². The molecule has 3 heterocycles. The molecule has 2 aliphatic carbocycles. The predicted octanol–water partition coefficient (Wildman–Crippen LogP) is 11.2. The van der Waals surface area contributed by atoms with E-state index >= 15 is 0 Å². The molecule has 0 unspecified atom stereocenters. The zero-order chi connectivity index (χ0) is 35.4. The van der Waals surface area contributed by atoms with Crippen molar-refractivity contribution in [1.29, 1.82) is 0 Å². The summed E-state index contributed by atoms with van der Waals surface area (Å²) in [6.45, 7) is 17.2. The highest BCUT2D eigenvalue weighted by molar-refractivity contribution is 8.45. The van der Waals surface area contributed by atoms with Crippen molar-refractivity contribution in [2.45, 2.75) is 133 Å². The molecule has 1 aromatic heterocycles. The minimum Gasteiger partial charge on any atom is -0.455 e. The Bertz CT molecular complexity index is 1610. The summed E-state index contributed by atoms with van der Waals surface area (Å²) < 4.78 is 94.9. The average Bonchev–Trinajstić information content (AvgIpc) is 3.25. The van der Waals surface area contributed by atoms with Crippen molar-refractivity contribution in [3.8, 4) is 0 Å². The molecule has 0 amide bonds. The number of benzene rings is 1. The molecule has 2 spiro atoms. The quantitative estimate of drug-likeness (QED) is 0.168. The van der Waals surface area contributed by atoms with Crippen LogP contribution in [0.4, 0.5) is 19.4 Å². The largest absolute Gasteiger partial charge is 0.455 e. The first kappa shape index (κ1) is 35.8. The van der Waals surface area contributed by atoms with Crippen LogP contribution in [0.2, 0.25) is 18.1 Å². The van der Waals surface area contributed by atoms with E-state index in [4.69, 9.17) is 23.6 Å². The zero-order valence-electron chi connectivity index (χ0n) is 29.1. The third-order valence-electron chi connectivity index (χ3n) is 11.5. The molecule has 2 aromatic rings. The third kappa shape index (κ3) is 6.03. The zero-order valence-corrected chi connectivity index (χ0v) is 30.9. The number of halogens is 5. The summed E-state index contributed by atoms with van der Waals surface area (Å²) in [5.74, 6) is -0.542. The Labute approximate surface area is 281 Å². The van der Waals surface area contributed by atoms with Crippen molar-refractivity contribution < 1.29 is 42.9 Å². The van der Waals surface area contributed by atoms with Crippen LogP contribution in [0, 0.1) is 5.41 Å². The van der Waals surface area contributed by atoms with E-state index in [9.17, 15) is 24.2 Å². The van der Waals surface area contributed by atoms with Crippen LogP contribution < -0.4 is 0 Å². The molecule has 4 aliphatic rings. The number of ether oxygens (including phenoxy) is 3. The highest BCUT2D eigenvalue weighted by Gasteiger charge is 2.65. The fourth-order valence-electron chi connectivity index (χ4n) is 7.87. The van der Waals surface area contributed by atoms with Crippen LogP contribution in [-0.4, -0.2) is 32.5 Å². The Balaban J connectivity index is 1.64. The molecule has 268 valence electrons. The number of aromatic nitrogens is 1. The van der Waals surface area contributed by atoms with Crippen molar-refractivity contribution in [3.63, 3.8) is 0 Å². The van der Waals surface area contributed by atoms with Gasteiger partial charge in [-0.05, 0) is 66.6 Å². The van der Waals surface area contributed by atoms with Crippen molar-refractivity contribution in [1.82, 2.24) is 4.98 Å². The van der Waals surface area contributed by atoms with Gasteiger partial charge in [-0.25, -0.2) is 0 Å². The Hall–Kier alpha value is -2.06. The number of carbonyl (C=O) groups is 1. The Kier molecular flexibility index (Phi) is 7.99. The van der Waals surface area contributed by atoms with Gasteiger partial charge in [0.25, 0.3) is 0 Å². The topological polar surface area (TPSA) is 66.9 Å². The van der Waals surface area contributed by atoms with Gasteiger partial charge in [0.15, 0.2) is 8.32 Å². The lowest BCUT2D eigenvalue weighted by Crippen LogP contribution is -2.49. The summed E-state index contributed by atoms with van der Waals surface area (Å²) in [6, 6.07) is 3.10. The highest BCUT2D eigenvalue weighted by Crippen LogP contribution is 3.02. The van der Waals surface area contributed by atoms with E-state index < -0.39 is 47.2 Å². The molecule has 6 nitrogen and oxygen atoms in total. The monoisotopic (exact) mass is 717 g/mol. The number of hydrogen-bond donors (Lipinski definition) is 0. The van der Waals surface area contributed by atoms with Crippen LogP contribution in [0.15, 0.2) is 29.2 Å². The second kappa shape index (κ2) is 10.7. The van der Waals surface area contributed by atoms with Crippen LogP contribution in [0.5, 0.6) is 0 Å². The fraction of sp³-hybridized carbons (Fsp3) is 0.657. The van der Waals surface area contributed by atoms with E-state index in [-0.39, 0.29) is 22.5 Å². The maximum atomic E-state index is 13.7. The van der Waals surface area contributed by atoms with Gasteiger partial charge in [-0.2, -0.15) is 0 Å². The first-order valence-corrected chi connectivity index (χ1v) is 21.8. The molecule has 1 saturated carbocycles. The minimum absolute atomic E-state index is 0.110. The molecular formula is C35H48F5NO5SSi. The number of fused-ring (bicyclic) bond motifs is 4. The summed E-state index contributed by atoms with van der Waals surface area (Å²) in [7, 11) is -12.3. The van der Waals surface area contributed by atoms with Gasteiger partial charge in [-0.3, -0.25) is 9.78 Å². The van der Waals surface area contributed by atoms with E-state index in [0.717, 1.165) is 48.1 Å². The van der Waals surface area contributed by atoms with E-state index in [0.29, 0.717) is 61.6 Å². The Morgan fingerprint density at radius 2 is 1.60 bits per heavy atom. The molecule has 13 heteroatoms. The summed E-state index contributed by atoms with van der Waals surface area (Å²) in [4.78, 5) is 16.1. The summed E-state index contributed by atoms with van der Waals surface area (Å²) in [6.07, 6.45) is 2.50. The standard InChI is InChI=1S/C35H48F5NO5SSi/c1-21(2)29-27-28(35(16-18-43-19-17-35)45-31(27)23-10-12-24(13-11-23)47(36,37,38,39)40)26-25(46-48(7,8)33(4,5)6)20-34(14-9-15-34)32(30(26)41-29)44-22(3)42/h10-13,21,25,31-32H,9,14-20H2,1-8H3/t25-,31+,32-/m0/s1. The lowest BCUT2D eigenvalue weighted by Gasteiger charge is -2.54. The van der Waals surface area contributed by atoms with Crippen molar-refractivity contribution in [2.24, 2.45) is 5.41 Å². The molecule has 3 atom stereocenters. The van der Waals surface area contributed by atoms with Gasteiger partial charge in [-0.15, -0.1) is 0 Å². The predicted molar refractivity (Wildman–Crippen MR) is 177 cm³/mol. The van der Waals surface area contributed by atoms with Gasteiger partial charge in [0.2, 0.25) is 0 Å². The smallest absolute Gasteiger partial charge is 0.310 e. The summed E-state index contributed by atoms with van der Waals surface area (Å²) >= 11 is 0. The lowest BCUT2D eigenvalue weighted by atomic mass is 9.57. The lowest BCUT2D eigenvalue weighted by molar-refractivity contribution is -0.167. The van der Waals surface area contributed by atoms with Crippen LogP contribution >= 0.6 is 10.2 Å². The fourth-order valence-corrected chi connectivity index (χ4v) is 9.78. The highest BCUT2D eigenvalue weighted by atomic mass is 32.5. The Morgan fingerprint density at radius 1 is 1.00 bits per heavy atom. The number of nitrogens with zero attached hydrogens (tertiary/aromatic N) is 1. The number of rotatable bonds is 6. The summed E-state index contributed by atoms with van der Waals surface area (Å²) in [5.41, 5.74) is 2.94. The molecule has 2 aliphatic heterocycles. The van der Waals surface area contributed by atoms with E-state index in [1.54, 1.807) is 0 Å². The number of carbonyl (C=O) groups excluding carboxylic acids is 1. The van der Waals surface area contributed by atoms with Gasteiger partial charge < -0.3 is 18.6 Å². The molecule has 0 N–H and O–H groups in total. The second-order valence-corrected chi connectivity index (χ2v) is 23.3. The molecule has 0 bridgehead atoms. The molecule has 0 radical (unpaired) electrons. The molecule has 6 rings (SSSR count). The molecule has 2 fully saturated rings. The first-order valence-electron chi connectivity index (χ1n) is 16.9. The van der Waals surface area contributed by atoms with Crippen LogP contribution in [0.25, 0.3) is 0 Å². The Morgan fingerprint density at radius 3 is 2.08 bits per heavy atom. The SMILES string of the molecule is CC(=O)O[C@H]1c2nc(C(C)C)c3c(c2[C@@H](O[Si](C)(C)C(C)(C)C)CC12CCC2)C1(CCOCC1)O[C@@H]3c1ccc(S(F)(F)(F)(F)F)cc1. The molecular weight excluding hydrogens is 670 g/mol. The van der Waals surface area contributed by atoms with Gasteiger partial charge in [0.1, 0.15) is 17.1 Å². The second-order valence-electron chi connectivity index (χ2n) is 16.2. The maximum Gasteiger partial charge on any atom is 0.310 e. The van der Waals surface area contributed by atoms with Gasteiger partial charge in [0, 0.05) is 55.2 Å².